The van der Waals surface area contributed by atoms with Crippen LogP contribution in [0.25, 0.3) is 0 Å². The van der Waals surface area contributed by atoms with Gasteiger partial charge in [0.25, 0.3) is 0 Å². The molecule has 1 aliphatic heterocycles. The summed E-state index contributed by atoms with van der Waals surface area (Å²) in [6.07, 6.45) is 2.04. The van der Waals surface area contributed by atoms with Crippen molar-refractivity contribution in [3.63, 3.8) is 0 Å². The van der Waals surface area contributed by atoms with Crippen LogP contribution in [0.4, 0.5) is 0 Å². The van der Waals surface area contributed by atoms with Crippen molar-refractivity contribution >= 4 is 22.9 Å². The molecule has 2 aromatic rings. The Morgan fingerprint density at radius 2 is 2.35 bits per heavy atom. The Labute approximate surface area is 128 Å². The van der Waals surface area contributed by atoms with Crippen LogP contribution in [-0.2, 0) is 13.0 Å². The summed E-state index contributed by atoms with van der Waals surface area (Å²) in [5, 5.41) is 6.54. The van der Waals surface area contributed by atoms with Crippen LogP contribution in [0.1, 0.15) is 35.4 Å². The van der Waals surface area contributed by atoms with Crippen LogP contribution in [0.5, 0.6) is 5.75 Å². The minimum atomic E-state index is 0.394. The van der Waals surface area contributed by atoms with Gasteiger partial charge in [-0.25, -0.2) is 0 Å². The zero-order valence-corrected chi connectivity index (χ0v) is 13.1. The average molecular weight is 308 g/mol. The fraction of sp³-hybridized carbons (Fsp3) is 0.375. The van der Waals surface area contributed by atoms with Crippen molar-refractivity contribution in [3.05, 3.63) is 50.7 Å². The molecule has 0 spiro atoms. The monoisotopic (exact) mass is 307 g/mol. The average Bonchev–Trinajstić information content (AvgIpc) is 3.09. The predicted octanol–water partition coefficient (Wildman–Crippen LogP) is 4.58. The number of fused-ring (bicyclic) bond motifs is 1. The maximum atomic E-state index is 6.20. The zero-order chi connectivity index (χ0) is 13.9. The molecule has 2 heterocycles. The van der Waals surface area contributed by atoms with Gasteiger partial charge < -0.3 is 10.1 Å². The van der Waals surface area contributed by atoms with E-state index in [1.54, 1.807) is 11.3 Å². The molecule has 1 aromatic heterocycles. The van der Waals surface area contributed by atoms with Crippen molar-refractivity contribution in [3.8, 4) is 5.75 Å². The van der Waals surface area contributed by atoms with Gasteiger partial charge in [0.05, 0.1) is 6.61 Å². The topological polar surface area (TPSA) is 21.3 Å². The van der Waals surface area contributed by atoms with Gasteiger partial charge in [-0.05, 0) is 35.6 Å². The highest BCUT2D eigenvalue weighted by Gasteiger charge is 2.18. The second kappa shape index (κ2) is 6.17. The van der Waals surface area contributed by atoms with E-state index in [-0.39, 0.29) is 0 Å². The highest BCUT2D eigenvalue weighted by Crippen LogP contribution is 2.33. The van der Waals surface area contributed by atoms with Crippen LogP contribution < -0.4 is 10.1 Å². The molecule has 20 heavy (non-hydrogen) atoms. The lowest BCUT2D eigenvalue weighted by Gasteiger charge is -2.17. The molecule has 1 aliphatic rings. The summed E-state index contributed by atoms with van der Waals surface area (Å²) in [6.45, 7) is 3.76. The Morgan fingerprint density at radius 1 is 1.45 bits per heavy atom. The predicted molar refractivity (Wildman–Crippen MR) is 84.8 cm³/mol. The second-order valence-corrected chi connectivity index (χ2v) is 6.42. The highest BCUT2D eigenvalue weighted by atomic mass is 35.5. The molecule has 0 bridgehead atoms. The molecular weight excluding hydrogens is 290 g/mol. The molecule has 0 amide bonds. The Hall–Kier alpha value is -1.03. The normalized spacial score (nSPS) is 14.9. The van der Waals surface area contributed by atoms with Gasteiger partial charge >= 0.3 is 0 Å². The number of benzene rings is 1. The van der Waals surface area contributed by atoms with Gasteiger partial charge in [0, 0.05) is 34.5 Å². The lowest BCUT2D eigenvalue weighted by molar-refractivity contribution is 0.351. The van der Waals surface area contributed by atoms with Gasteiger partial charge in [0.2, 0.25) is 0 Å². The quantitative estimate of drug-likeness (QED) is 0.873. The molecule has 1 atom stereocenters. The number of hydrogen-bond donors (Lipinski definition) is 1. The van der Waals surface area contributed by atoms with E-state index >= 15 is 0 Å². The third-order valence-corrected chi connectivity index (χ3v) is 4.86. The fourth-order valence-electron chi connectivity index (χ4n) is 2.65. The molecule has 2 nitrogen and oxygen atoms in total. The van der Waals surface area contributed by atoms with Gasteiger partial charge in [-0.3, -0.25) is 0 Å². The van der Waals surface area contributed by atoms with Crippen LogP contribution in [-0.4, -0.2) is 6.61 Å². The molecule has 1 N–H and O–H groups in total. The number of ether oxygens (including phenoxy) is 1. The molecule has 0 fully saturated rings. The molecule has 3 rings (SSSR count). The van der Waals surface area contributed by atoms with Gasteiger partial charge in [-0.1, -0.05) is 24.6 Å². The first-order valence-electron chi connectivity index (χ1n) is 6.99. The first kappa shape index (κ1) is 13.9. The molecule has 106 valence electrons. The summed E-state index contributed by atoms with van der Waals surface area (Å²) in [7, 11) is 0. The molecule has 0 saturated carbocycles. The van der Waals surface area contributed by atoms with Crippen molar-refractivity contribution in [2.45, 2.75) is 32.4 Å². The van der Waals surface area contributed by atoms with E-state index in [0.717, 1.165) is 36.8 Å². The molecular formula is C16H18ClNOS. The summed E-state index contributed by atoms with van der Waals surface area (Å²) < 4.78 is 5.75. The summed E-state index contributed by atoms with van der Waals surface area (Å²) in [5.41, 5.74) is 2.40. The third kappa shape index (κ3) is 2.85. The van der Waals surface area contributed by atoms with Crippen molar-refractivity contribution < 1.29 is 4.74 Å². The zero-order valence-electron chi connectivity index (χ0n) is 11.5. The Morgan fingerprint density at radius 3 is 3.10 bits per heavy atom. The van der Waals surface area contributed by atoms with E-state index in [9.17, 15) is 0 Å². The lowest BCUT2D eigenvalue weighted by Crippen LogP contribution is -2.19. The van der Waals surface area contributed by atoms with E-state index in [0.29, 0.717) is 6.04 Å². The van der Waals surface area contributed by atoms with Crippen LogP contribution in [0.2, 0.25) is 5.02 Å². The molecule has 0 radical (unpaired) electrons. The molecule has 1 unspecified atom stereocenters. The van der Waals surface area contributed by atoms with E-state index in [4.69, 9.17) is 16.3 Å². The summed E-state index contributed by atoms with van der Waals surface area (Å²) >= 11 is 8.00. The van der Waals surface area contributed by atoms with E-state index in [2.05, 4.69) is 29.8 Å². The minimum absolute atomic E-state index is 0.394. The van der Waals surface area contributed by atoms with E-state index < -0.39 is 0 Å². The number of rotatable bonds is 5. The van der Waals surface area contributed by atoms with Crippen molar-refractivity contribution in [2.75, 3.05) is 6.61 Å². The number of halogens is 1. The number of nitrogens with one attached hydrogen (secondary N) is 1. The Kier molecular flexibility index (Phi) is 4.29. The summed E-state index contributed by atoms with van der Waals surface area (Å²) in [6, 6.07) is 8.71. The third-order valence-electron chi connectivity index (χ3n) is 3.66. The highest BCUT2D eigenvalue weighted by molar-refractivity contribution is 7.10. The minimum Gasteiger partial charge on any atom is -0.493 e. The van der Waals surface area contributed by atoms with Crippen LogP contribution in [0, 0.1) is 0 Å². The van der Waals surface area contributed by atoms with Crippen molar-refractivity contribution in [1.82, 2.24) is 5.32 Å². The smallest absolute Gasteiger partial charge is 0.127 e. The first-order valence-corrected chi connectivity index (χ1v) is 8.24. The van der Waals surface area contributed by atoms with Gasteiger partial charge in [-0.15, -0.1) is 11.3 Å². The Balaban J connectivity index is 1.75. The first-order chi connectivity index (χ1) is 9.78. The van der Waals surface area contributed by atoms with Crippen molar-refractivity contribution in [2.24, 2.45) is 0 Å². The number of thiophene rings is 1. The number of hydrogen-bond acceptors (Lipinski definition) is 3. The molecule has 0 aliphatic carbocycles. The summed E-state index contributed by atoms with van der Waals surface area (Å²) in [5.74, 6) is 1.03. The fourth-order valence-corrected chi connectivity index (χ4v) is 3.80. The largest absolute Gasteiger partial charge is 0.493 e. The lowest BCUT2D eigenvalue weighted by atomic mass is 10.1. The maximum Gasteiger partial charge on any atom is 0.127 e. The van der Waals surface area contributed by atoms with Gasteiger partial charge in [-0.2, -0.15) is 0 Å². The molecule has 1 aromatic carbocycles. The standard InChI is InChI=1S/C16H18ClNOS/c1-2-14(15-4-3-7-20-15)18-10-12-9-13(17)8-11-5-6-19-16(11)12/h3-4,7-9,14,18H,2,5-6,10H2,1H3. The summed E-state index contributed by atoms with van der Waals surface area (Å²) in [4.78, 5) is 1.38. The van der Waals surface area contributed by atoms with Crippen LogP contribution >= 0.6 is 22.9 Å². The molecule has 4 heteroatoms. The van der Waals surface area contributed by atoms with Crippen LogP contribution in [0.3, 0.4) is 0 Å². The molecule has 0 saturated heterocycles. The van der Waals surface area contributed by atoms with Crippen molar-refractivity contribution in [1.29, 1.82) is 0 Å². The SMILES string of the molecule is CCC(NCc1cc(Cl)cc2c1OCC2)c1cccs1. The van der Waals surface area contributed by atoms with Gasteiger partial charge in [0.1, 0.15) is 5.75 Å². The van der Waals surface area contributed by atoms with Gasteiger partial charge in [0.15, 0.2) is 0 Å². The van der Waals surface area contributed by atoms with E-state index in [1.807, 2.05) is 12.1 Å². The van der Waals surface area contributed by atoms with E-state index in [1.165, 1.54) is 16.0 Å². The second-order valence-electron chi connectivity index (χ2n) is 5.01. The van der Waals surface area contributed by atoms with Crippen LogP contribution in [0.15, 0.2) is 29.6 Å². The maximum absolute atomic E-state index is 6.20. The Bertz CT molecular complexity index is 582.